The summed E-state index contributed by atoms with van der Waals surface area (Å²) in [6.07, 6.45) is 8.84. The van der Waals surface area contributed by atoms with E-state index in [9.17, 15) is 27.2 Å². The van der Waals surface area contributed by atoms with Crippen LogP contribution in [0.2, 0.25) is 0 Å². The van der Waals surface area contributed by atoms with Crippen molar-refractivity contribution in [2.45, 2.75) is 94.1 Å². The second-order valence-corrected chi connectivity index (χ2v) is 16.5. The second-order valence-electron chi connectivity index (χ2n) is 14.5. The van der Waals surface area contributed by atoms with Gasteiger partial charge in [-0.3, -0.25) is 19.1 Å². The Kier molecular flexibility index (Phi) is 8.75. The molecule has 8 rings (SSSR count). The molecule has 0 radical (unpaired) electrons. The number of furan rings is 1. The third kappa shape index (κ3) is 6.64. The van der Waals surface area contributed by atoms with Gasteiger partial charge in [-0.25, -0.2) is 17.8 Å². The highest BCUT2D eigenvalue weighted by Gasteiger charge is 2.62. The van der Waals surface area contributed by atoms with E-state index in [1.807, 2.05) is 43.3 Å². The fourth-order valence-corrected chi connectivity index (χ4v) is 8.69. The number of benzene rings is 2. The molecule has 2 aliphatic carbocycles. The van der Waals surface area contributed by atoms with E-state index in [0.29, 0.717) is 47.1 Å². The molecule has 2 aliphatic heterocycles. The number of sulfonamides is 1. The zero-order valence-electron chi connectivity index (χ0n) is 28.8. The van der Waals surface area contributed by atoms with Crippen LogP contribution in [-0.2, 0) is 24.4 Å². The van der Waals surface area contributed by atoms with E-state index in [1.165, 1.54) is 23.1 Å². The standard InChI is InChI=1S/C38H40FN5O7S/c1-22-10-12-23(13-11-22)34-40-32-28-18-25(39)14-17-30(28)51-33(32)36(41-34)50-26-19-29-35(46)42-38(37(47)43-52(48,49)27-15-16-27)20-24(38)8-6-4-2-3-5-7-9-31(45)44(29)21-26/h6,8,10-14,17-18,24,26-27,29H,2-5,7,9,15-16,19-21H2,1H3,(H,42,46)(H,43,47)/b8-6-/t24-,26-,29+,38-/m1/s1. The third-order valence-corrected chi connectivity index (χ3v) is 12.4. The van der Waals surface area contributed by atoms with Crippen molar-refractivity contribution < 1.29 is 36.3 Å². The summed E-state index contributed by atoms with van der Waals surface area (Å²) in [4.78, 5) is 52.4. The Morgan fingerprint density at radius 1 is 1.08 bits per heavy atom. The Hall–Kier alpha value is -4.85. The van der Waals surface area contributed by atoms with Crippen molar-refractivity contribution >= 4 is 49.8 Å². The molecule has 4 aromatic rings. The predicted molar refractivity (Wildman–Crippen MR) is 190 cm³/mol. The van der Waals surface area contributed by atoms with Crippen LogP contribution in [0.15, 0.2) is 59.0 Å². The number of fused-ring (bicyclic) bond motifs is 5. The van der Waals surface area contributed by atoms with E-state index >= 15 is 0 Å². The lowest BCUT2D eigenvalue weighted by Crippen LogP contribution is -2.56. The first-order valence-electron chi connectivity index (χ1n) is 18.0. The summed E-state index contributed by atoms with van der Waals surface area (Å²) in [5.41, 5.74) is 1.26. The molecule has 0 bridgehead atoms. The number of hydrogen-bond donors (Lipinski definition) is 2. The molecule has 52 heavy (non-hydrogen) atoms. The van der Waals surface area contributed by atoms with Gasteiger partial charge in [0, 0.05) is 29.7 Å². The fourth-order valence-electron chi connectivity index (χ4n) is 7.33. The number of hydrogen-bond acceptors (Lipinski definition) is 9. The van der Waals surface area contributed by atoms with Crippen LogP contribution < -0.4 is 14.8 Å². The highest BCUT2D eigenvalue weighted by atomic mass is 32.2. The van der Waals surface area contributed by atoms with E-state index in [4.69, 9.17) is 19.1 Å². The molecular formula is C38H40FN5O7S. The van der Waals surface area contributed by atoms with Crippen LogP contribution in [0.1, 0.15) is 69.8 Å². The van der Waals surface area contributed by atoms with E-state index in [-0.39, 0.29) is 49.1 Å². The van der Waals surface area contributed by atoms with Gasteiger partial charge in [-0.05, 0) is 63.6 Å². The largest absolute Gasteiger partial charge is 0.470 e. The number of rotatable bonds is 6. The first-order valence-corrected chi connectivity index (χ1v) is 19.5. The van der Waals surface area contributed by atoms with Gasteiger partial charge in [0.2, 0.25) is 27.4 Å². The van der Waals surface area contributed by atoms with Crippen molar-refractivity contribution in [2.75, 3.05) is 6.54 Å². The number of ether oxygens (including phenoxy) is 1. The summed E-state index contributed by atoms with van der Waals surface area (Å²) in [6.45, 7) is 2.03. The maximum absolute atomic E-state index is 14.4. The zero-order valence-corrected chi connectivity index (χ0v) is 29.6. The van der Waals surface area contributed by atoms with Crippen molar-refractivity contribution in [1.29, 1.82) is 0 Å². The van der Waals surface area contributed by atoms with Gasteiger partial charge in [0.1, 0.15) is 34.6 Å². The van der Waals surface area contributed by atoms with Crippen LogP contribution in [0, 0.1) is 18.7 Å². The first-order chi connectivity index (χ1) is 25.0. The highest BCUT2D eigenvalue weighted by Crippen LogP contribution is 2.46. The predicted octanol–water partition coefficient (Wildman–Crippen LogP) is 5.23. The minimum Gasteiger partial charge on any atom is -0.470 e. The van der Waals surface area contributed by atoms with Crippen LogP contribution >= 0.6 is 0 Å². The van der Waals surface area contributed by atoms with E-state index in [1.54, 1.807) is 0 Å². The molecular weight excluding hydrogens is 690 g/mol. The summed E-state index contributed by atoms with van der Waals surface area (Å²) < 4.78 is 54.7. The van der Waals surface area contributed by atoms with Crippen molar-refractivity contribution in [3.63, 3.8) is 0 Å². The quantitative estimate of drug-likeness (QED) is 0.253. The lowest BCUT2D eigenvalue weighted by Gasteiger charge is -2.26. The zero-order chi connectivity index (χ0) is 36.2. The molecule has 2 aromatic carbocycles. The molecule has 4 atom stereocenters. The van der Waals surface area contributed by atoms with Gasteiger partial charge in [-0.1, -0.05) is 54.8 Å². The van der Waals surface area contributed by atoms with Crippen molar-refractivity contribution in [3.8, 4) is 17.3 Å². The van der Waals surface area contributed by atoms with Gasteiger partial charge < -0.3 is 19.4 Å². The Morgan fingerprint density at radius 3 is 2.65 bits per heavy atom. The number of aromatic nitrogens is 2. The molecule has 0 spiro atoms. The number of carbonyl (C=O) groups is 3. The van der Waals surface area contributed by atoms with Crippen LogP contribution in [0.3, 0.4) is 0 Å². The summed E-state index contributed by atoms with van der Waals surface area (Å²) >= 11 is 0. The maximum Gasteiger partial charge on any atom is 0.262 e. The summed E-state index contributed by atoms with van der Waals surface area (Å²) in [5.74, 6) is -1.96. The topological polar surface area (TPSA) is 161 Å². The van der Waals surface area contributed by atoms with Gasteiger partial charge in [0.05, 0.1) is 11.8 Å². The molecule has 4 aliphatic rings. The van der Waals surface area contributed by atoms with E-state index < -0.39 is 50.6 Å². The highest BCUT2D eigenvalue weighted by molar-refractivity contribution is 7.91. The average molecular weight is 730 g/mol. The molecule has 14 heteroatoms. The molecule has 0 unspecified atom stereocenters. The van der Waals surface area contributed by atoms with Crippen LogP contribution in [-0.4, -0.2) is 70.5 Å². The van der Waals surface area contributed by atoms with Crippen molar-refractivity contribution in [1.82, 2.24) is 24.9 Å². The molecule has 3 amide bonds. The lowest BCUT2D eigenvalue weighted by atomic mass is 10.1. The molecule has 1 saturated heterocycles. The van der Waals surface area contributed by atoms with E-state index in [0.717, 1.165) is 31.2 Å². The fraction of sp³-hybridized carbons (Fsp3) is 0.447. The number of allylic oxidation sites excluding steroid dienone is 1. The molecule has 2 saturated carbocycles. The van der Waals surface area contributed by atoms with Gasteiger partial charge in [0.25, 0.3) is 11.8 Å². The van der Waals surface area contributed by atoms with Gasteiger partial charge in [0.15, 0.2) is 5.82 Å². The molecule has 4 heterocycles. The number of aryl methyl sites for hydroxylation is 1. The first kappa shape index (κ1) is 34.2. The molecule has 2 N–H and O–H groups in total. The van der Waals surface area contributed by atoms with E-state index in [2.05, 4.69) is 10.0 Å². The molecule has 12 nitrogen and oxygen atoms in total. The number of nitrogens with zero attached hydrogens (tertiary/aromatic N) is 3. The van der Waals surface area contributed by atoms with Crippen molar-refractivity contribution in [3.05, 3.63) is 66.0 Å². The van der Waals surface area contributed by atoms with Gasteiger partial charge in [-0.2, -0.15) is 4.98 Å². The summed E-state index contributed by atoms with van der Waals surface area (Å²) in [5, 5.41) is 2.73. The Morgan fingerprint density at radius 2 is 1.87 bits per heavy atom. The van der Waals surface area contributed by atoms with Crippen LogP contribution in [0.25, 0.3) is 33.5 Å². The number of nitrogens with one attached hydrogen (secondary N) is 2. The maximum atomic E-state index is 14.4. The lowest BCUT2D eigenvalue weighted by molar-refractivity contribution is -0.139. The van der Waals surface area contributed by atoms with Crippen LogP contribution in [0.4, 0.5) is 4.39 Å². The molecule has 2 aromatic heterocycles. The van der Waals surface area contributed by atoms with Crippen molar-refractivity contribution in [2.24, 2.45) is 5.92 Å². The Labute approximate surface area is 300 Å². The number of halogens is 1. The number of amides is 3. The second kappa shape index (κ2) is 13.3. The van der Waals surface area contributed by atoms with Crippen LogP contribution in [0.5, 0.6) is 5.88 Å². The normalized spacial score (nSPS) is 26.2. The third-order valence-electron chi connectivity index (χ3n) is 10.6. The van der Waals surface area contributed by atoms with Gasteiger partial charge >= 0.3 is 0 Å². The molecule has 272 valence electrons. The minimum atomic E-state index is -3.86. The minimum absolute atomic E-state index is 0.0652. The smallest absolute Gasteiger partial charge is 0.262 e. The average Bonchev–Trinajstić information content (AvgIpc) is 4.01. The SMILES string of the molecule is Cc1ccc(-c2nc(O[C@@H]3C[C@H]4C(=O)N[C@]5(C(=O)NS(=O)(=O)C6CC6)C[C@H]5/C=C\CCCCCCC(=O)N4C3)c3oc4ccc(F)cc4c3n2)cc1. The Bertz CT molecular complexity index is 2220. The molecule has 3 fully saturated rings. The monoisotopic (exact) mass is 729 g/mol. The van der Waals surface area contributed by atoms with Gasteiger partial charge in [-0.15, -0.1) is 0 Å². The summed E-state index contributed by atoms with van der Waals surface area (Å²) in [7, 11) is -3.86. The summed E-state index contributed by atoms with van der Waals surface area (Å²) in [6, 6.07) is 10.8. The Balaban J connectivity index is 1.11. The number of carbonyl (C=O) groups excluding carboxylic acids is 3.